The summed E-state index contributed by atoms with van der Waals surface area (Å²) in [4.78, 5) is 17.0. The highest BCUT2D eigenvalue weighted by Crippen LogP contribution is 2.21. The molecule has 2 aliphatic rings. The minimum Gasteiger partial charge on any atom is -0.394 e. The zero-order chi connectivity index (χ0) is 13.9. The SMILES string of the molecule is Nc1nc(N2CCCC2)nc(N2CCOCC2CO)n1. The Balaban J connectivity index is 1.87. The number of morpholine rings is 1. The third-order valence-corrected chi connectivity index (χ3v) is 3.71. The summed E-state index contributed by atoms with van der Waals surface area (Å²) < 4.78 is 5.37. The molecular weight excluding hydrogens is 260 g/mol. The standard InChI is InChI=1S/C12H20N6O2/c13-10-14-11(17-3-1-2-4-17)16-12(15-10)18-5-6-20-8-9(18)7-19/h9,19H,1-8H2,(H2,13,14,15,16). The number of aromatic nitrogens is 3. The number of rotatable bonds is 3. The number of nitrogen functional groups attached to an aromatic ring is 1. The molecule has 2 fully saturated rings. The molecule has 3 N–H and O–H groups in total. The van der Waals surface area contributed by atoms with Gasteiger partial charge < -0.3 is 25.4 Å². The Morgan fingerprint density at radius 3 is 2.65 bits per heavy atom. The van der Waals surface area contributed by atoms with Crippen molar-refractivity contribution in [2.45, 2.75) is 18.9 Å². The van der Waals surface area contributed by atoms with E-state index in [1.807, 2.05) is 4.90 Å². The molecule has 3 heterocycles. The first-order chi connectivity index (χ1) is 9.78. The Hall–Kier alpha value is -1.67. The smallest absolute Gasteiger partial charge is 0.232 e. The number of ether oxygens (including phenoxy) is 1. The third-order valence-electron chi connectivity index (χ3n) is 3.71. The Morgan fingerprint density at radius 2 is 1.90 bits per heavy atom. The summed E-state index contributed by atoms with van der Waals surface area (Å²) >= 11 is 0. The number of nitrogens with zero attached hydrogens (tertiary/aromatic N) is 5. The lowest BCUT2D eigenvalue weighted by molar-refractivity contribution is 0.0718. The van der Waals surface area contributed by atoms with Crippen molar-refractivity contribution in [1.82, 2.24) is 15.0 Å². The zero-order valence-corrected chi connectivity index (χ0v) is 11.4. The molecule has 0 aromatic carbocycles. The molecule has 1 unspecified atom stereocenters. The maximum absolute atomic E-state index is 9.44. The molecule has 0 aliphatic carbocycles. The third kappa shape index (κ3) is 2.61. The molecule has 0 bridgehead atoms. The minimum absolute atomic E-state index is 0.00460. The Bertz CT molecular complexity index is 465. The minimum atomic E-state index is -0.128. The van der Waals surface area contributed by atoms with E-state index in [2.05, 4.69) is 19.9 Å². The van der Waals surface area contributed by atoms with Gasteiger partial charge in [-0.25, -0.2) is 0 Å². The normalized spacial score (nSPS) is 23.4. The molecule has 0 amide bonds. The van der Waals surface area contributed by atoms with Crippen molar-refractivity contribution < 1.29 is 9.84 Å². The second-order valence-corrected chi connectivity index (χ2v) is 5.09. The van der Waals surface area contributed by atoms with Crippen molar-refractivity contribution in [3.63, 3.8) is 0 Å². The zero-order valence-electron chi connectivity index (χ0n) is 11.4. The van der Waals surface area contributed by atoms with Gasteiger partial charge in [-0.1, -0.05) is 0 Å². The van der Waals surface area contributed by atoms with E-state index in [-0.39, 0.29) is 18.6 Å². The Labute approximate surface area is 117 Å². The molecule has 2 aliphatic heterocycles. The van der Waals surface area contributed by atoms with Crippen LogP contribution in [-0.2, 0) is 4.74 Å². The summed E-state index contributed by atoms with van der Waals surface area (Å²) in [7, 11) is 0. The molecule has 8 heteroatoms. The van der Waals surface area contributed by atoms with Gasteiger partial charge in [-0.2, -0.15) is 15.0 Å². The van der Waals surface area contributed by atoms with Crippen molar-refractivity contribution in [1.29, 1.82) is 0 Å². The molecule has 0 spiro atoms. The highest BCUT2D eigenvalue weighted by molar-refractivity contribution is 5.45. The summed E-state index contributed by atoms with van der Waals surface area (Å²) in [5, 5.41) is 9.44. The van der Waals surface area contributed by atoms with Gasteiger partial charge >= 0.3 is 0 Å². The molecule has 1 aromatic heterocycles. The Kier molecular flexibility index (Phi) is 3.83. The van der Waals surface area contributed by atoms with Crippen molar-refractivity contribution in [2.75, 3.05) is 55.0 Å². The van der Waals surface area contributed by atoms with Gasteiger partial charge in [0.25, 0.3) is 0 Å². The van der Waals surface area contributed by atoms with E-state index < -0.39 is 0 Å². The van der Waals surface area contributed by atoms with Gasteiger partial charge in [0.15, 0.2) is 0 Å². The van der Waals surface area contributed by atoms with Crippen LogP contribution in [0.15, 0.2) is 0 Å². The predicted molar refractivity (Wildman–Crippen MR) is 74.7 cm³/mol. The number of aliphatic hydroxyl groups excluding tert-OH is 1. The van der Waals surface area contributed by atoms with Crippen LogP contribution >= 0.6 is 0 Å². The number of anilines is 3. The molecule has 1 aromatic rings. The molecular formula is C12H20N6O2. The summed E-state index contributed by atoms with van der Waals surface area (Å²) in [5.41, 5.74) is 5.81. The van der Waals surface area contributed by atoms with Crippen LogP contribution in [0.3, 0.4) is 0 Å². The largest absolute Gasteiger partial charge is 0.394 e. The maximum Gasteiger partial charge on any atom is 0.232 e. The summed E-state index contributed by atoms with van der Waals surface area (Å²) in [6.45, 7) is 3.63. The second-order valence-electron chi connectivity index (χ2n) is 5.09. The number of aliphatic hydroxyl groups is 1. The van der Waals surface area contributed by atoms with Gasteiger partial charge in [-0.15, -0.1) is 0 Å². The van der Waals surface area contributed by atoms with Gasteiger partial charge in [0, 0.05) is 19.6 Å². The van der Waals surface area contributed by atoms with Gasteiger partial charge in [-0.05, 0) is 12.8 Å². The highest BCUT2D eigenvalue weighted by Gasteiger charge is 2.26. The first-order valence-corrected chi connectivity index (χ1v) is 6.99. The second kappa shape index (κ2) is 5.76. The monoisotopic (exact) mass is 280 g/mol. The van der Waals surface area contributed by atoms with Gasteiger partial charge in [-0.3, -0.25) is 0 Å². The van der Waals surface area contributed by atoms with Crippen molar-refractivity contribution >= 4 is 17.8 Å². The molecule has 1 atom stereocenters. The summed E-state index contributed by atoms with van der Waals surface area (Å²) in [6, 6.07) is -0.128. The lowest BCUT2D eigenvalue weighted by Crippen LogP contribution is -2.48. The van der Waals surface area contributed by atoms with Crippen molar-refractivity contribution in [3.05, 3.63) is 0 Å². The average Bonchev–Trinajstić information content (AvgIpc) is 3.01. The van der Waals surface area contributed by atoms with Crippen molar-refractivity contribution in [3.8, 4) is 0 Å². The van der Waals surface area contributed by atoms with Crippen LogP contribution in [0.2, 0.25) is 0 Å². The molecule has 110 valence electrons. The molecule has 0 saturated carbocycles. The van der Waals surface area contributed by atoms with Crippen LogP contribution in [0.1, 0.15) is 12.8 Å². The molecule has 2 saturated heterocycles. The van der Waals surface area contributed by atoms with Gasteiger partial charge in [0.05, 0.1) is 25.9 Å². The first-order valence-electron chi connectivity index (χ1n) is 6.99. The summed E-state index contributed by atoms with van der Waals surface area (Å²) in [5.74, 6) is 1.38. The fourth-order valence-corrected chi connectivity index (χ4v) is 2.63. The van der Waals surface area contributed by atoms with E-state index in [1.54, 1.807) is 0 Å². The maximum atomic E-state index is 9.44. The number of nitrogens with two attached hydrogens (primary N) is 1. The molecule has 0 radical (unpaired) electrons. The van der Waals surface area contributed by atoms with Gasteiger partial charge in [0.1, 0.15) is 0 Å². The van der Waals surface area contributed by atoms with Crippen LogP contribution in [0, 0.1) is 0 Å². The average molecular weight is 280 g/mol. The molecule has 8 nitrogen and oxygen atoms in total. The topological polar surface area (TPSA) is 101 Å². The lowest BCUT2D eigenvalue weighted by atomic mass is 10.2. The van der Waals surface area contributed by atoms with Crippen LogP contribution in [0.5, 0.6) is 0 Å². The van der Waals surface area contributed by atoms with E-state index >= 15 is 0 Å². The lowest BCUT2D eigenvalue weighted by Gasteiger charge is -2.34. The van der Waals surface area contributed by atoms with E-state index in [4.69, 9.17) is 10.5 Å². The summed E-state index contributed by atoms with van der Waals surface area (Å²) in [6.07, 6.45) is 2.30. The molecule has 20 heavy (non-hydrogen) atoms. The van der Waals surface area contributed by atoms with E-state index in [0.717, 1.165) is 25.9 Å². The quantitative estimate of drug-likeness (QED) is 0.746. The van der Waals surface area contributed by atoms with Crippen LogP contribution in [0.4, 0.5) is 17.8 Å². The Morgan fingerprint density at radius 1 is 1.15 bits per heavy atom. The van der Waals surface area contributed by atoms with Crippen LogP contribution < -0.4 is 15.5 Å². The molecule has 3 rings (SSSR count). The fraction of sp³-hybridized carbons (Fsp3) is 0.750. The van der Waals surface area contributed by atoms with Crippen molar-refractivity contribution in [2.24, 2.45) is 0 Å². The highest BCUT2D eigenvalue weighted by atomic mass is 16.5. The number of hydrogen-bond donors (Lipinski definition) is 2. The fourth-order valence-electron chi connectivity index (χ4n) is 2.63. The number of hydrogen-bond acceptors (Lipinski definition) is 8. The van der Waals surface area contributed by atoms with Crippen LogP contribution in [0.25, 0.3) is 0 Å². The van der Waals surface area contributed by atoms with Crippen LogP contribution in [-0.4, -0.2) is 65.6 Å². The first kappa shape index (κ1) is 13.3. The van der Waals surface area contributed by atoms with E-state index in [9.17, 15) is 5.11 Å². The van der Waals surface area contributed by atoms with Gasteiger partial charge in [0.2, 0.25) is 17.8 Å². The van der Waals surface area contributed by atoms with E-state index in [0.29, 0.717) is 31.7 Å². The predicted octanol–water partition coefficient (Wildman–Crippen LogP) is -0.748. The van der Waals surface area contributed by atoms with E-state index in [1.165, 1.54) is 0 Å².